The third-order valence-corrected chi connectivity index (χ3v) is 4.84. The van der Waals surface area contributed by atoms with Gasteiger partial charge in [0.15, 0.2) is 0 Å². The molecule has 0 radical (unpaired) electrons. The second kappa shape index (κ2) is 5.57. The smallest absolute Gasteiger partial charge is 0.137 e. The van der Waals surface area contributed by atoms with Crippen molar-refractivity contribution in [2.45, 2.75) is 10.6 Å². The number of nitrogens with zero attached hydrogens (tertiary/aromatic N) is 2. The highest BCUT2D eigenvalue weighted by Gasteiger charge is 2.09. The maximum Gasteiger partial charge on any atom is 0.137 e. The minimum Gasteiger partial charge on any atom is -0.294 e. The summed E-state index contributed by atoms with van der Waals surface area (Å²) in [4.78, 5) is 5.80. The summed E-state index contributed by atoms with van der Waals surface area (Å²) in [6, 6.07) is 13.8. The fourth-order valence-corrected chi connectivity index (χ4v) is 3.46. The maximum atomic E-state index is 5.88. The molecule has 0 saturated heterocycles. The molecule has 0 atom stereocenters. The molecule has 0 aliphatic rings. The molecule has 2 aromatic heterocycles. The lowest BCUT2D eigenvalue weighted by atomic mass is 10.4. The molecule has 2 nitrogen and oxygen atoms in total. The lowest BCUT2D eigenvalue weighted by Crippen LogP contribution is -1.83. The van der Waals surface area contributed by atoms with Crippen molar-refractivity contribution in [3.05, 3.63) is 64.0 Å². The SMILES string of the molecule is Clc1ccc(SCc2nc3ccccn3c2Br)cc1. The van der Waals surface area contributed by atoms with Crippen molar-refractivity contribution < 1.29 is 0 Å². The highest BCUT2D eigenvalue weighted by atomic mass is 79.9. The molecular weight excluding hydrogens is 344 g/mol. The highest BCUT2D eigenvalue weighted by Crippen LogP contribution is 2.28. The second-order valence-electron chi connectivity index (χ2n) is 4.02. The molecule has 3 aromatic rings. The van der Waals surface area contributed by atoms with Crippen molar-refractivity contribution in [1.29, 1.82) is 0 Å². The number of halogens is 2. The molecule has 0 saturated carbocycles. The summed E-state index contributed by atoms with van der Waals surface area (Å²) in [5.74, 6) is 0.823. The van der Waals surface area contributed by atoms with E-state index in [-0.39, 0.29) is 0 Å². The number of imidazole rings is 1. The van der Waals surface area contributed by atoms with Crippen LogP contribution in [0.5, 0.6) is 0 Å². The standard InChI is InChI=1S/C14H10BrClN2S/c15-14-12(17-13-3-1-2-8-18(13)14)9-19-11-6-4-10(16)5-7-11/h1-8H,9H2. The summed E-state index contributed by atoms with van der Waals surface area (Å²) >= 11 is 11.2. The molecule has 0 bridgehead atoms. The van der Waals surface area contributed by atoms with Crippen molar-refractivity contribution in [3.63, 3.8) is 0 Å². The van der Waals surface area contributed by atoms with Crippen LogP contribution >= 0.6 is 39.3 Å². The number of benzene rings is 1. The van der Waals surface area contributed by atoms with Gasteiger partial charge in [0.25, 0.3) is 0 Å². The summed E-state index contributed by atoms with van der Waals surface area (Å²) in [7, 11) is 0. The fraction of sp³-hybridized carbons (Fsp3) is 0.0714. The zero-order valence-corrected chi connectivity index (χ0v) is 13.0. The van der Waals surface area contributed by atoms with Crippen LogP contribution in [-0.2, 0) is 5.75 Å². The summed E-state index contributed by atoms with van der Waals surface area (Å²) in [6.07, 6.45) is 2.00. The molecule has 0 spiro atoms. The number of fused-ring (bicyclic) bond motifs is 1. The van der Waals surface area contributed by atoms with Gasteiger partial charge in [-0.3, -0.25) is 4.40 Å². The van der Waals surface area contributed by atoms with Gasteiger partial charge in [0.05, 0.1) is 5.69 Å². The minimum atomic E-state index is 0.762. The van der Waals surface area contributed by atoms with Crippen molar-refractivity contribution in [3.8, 4) is 0 Å². The van der Waals surface area contributed by atoms with Gasteiger partial charge in [0.1, 0.15) is 10.3 Å². The monoisotopic (exact) mass is 352 g/mol. The molecule has 0 aliphatic heterocycles. The Morgan fingerprint density at radius 2 is 1.95 bits per heavy atom. The summed E-state index contributed by atoms with van der Waals surface area (Å²) in [5.41, 5.74) is 2.01. The Hall–Kier alpha value is -0.970. The maximum absolute atomic E-state index is 5.88. The molecule has 0 N–H and O–H groups in total. The molecule has 0 aliphatic carbocycles. The third kappa shape index (κ3) is 2.81. The lowest BCUT2D eigenvalue weighted by Gasteiger charge is -2.00. The number of aromatic nitrogens is 2. The number of hydrogen-bond acceptors (Lipinski definition) is 2. The Morgan fingerprint density at radius 1 is 1.16 bits per heavy atom. The molecule has 19 heavy (non-hydrogen) atoms. The van der Waals surface area contributed by atoms with Crippen LogP contribution in [0, 0.1) is 0 Å². The first-order valence-corrected chi connectivity index (χ1v) is 7.89. The Balaban J connectivity index is 1.82. The Bertz CT molecular complexity index is 709. The normalized spacial score (nSPS) is 11.1. The quantitative estimate of drug-likeness (QED) is 0.614. The van der Waals surface area contributed by atoms with E-state index in [1.165, 1.54) is 4.90 Å². The van der Waals surface area contributed by atoms with Crippen molar-refractivity contribution in [2.75, 3.05) is 0 Å². The Kier molecular flexibility index (Phi) is 3.82. The van der Waals surface area contributed by atoms with Gasteiger partial charge in [-0.2, -0.15) is 0 Å². The molecule has 3 rings (SSSR count). The Morgan fingerprint density at radius 3 is 2.68 bits per heavy atom. The van der Waals surface area contributed by atoms with E-state index in [9.17, 15) is 0 Å². The lowest BCUT2D eigenvalue weighted by molar-refractivity contribution is 1.14. The molecule has 1 aromatic carbocycles. The van der Waals surface area contributed by atoms with E-state index in [0.29, 0.717) is 0 Å². The largest absolute Gasteiger partial charge is 0.294 e. The summed E-state index contributed by atoms with van der Waals surface area (Å²) in [5, 5.41) is 0.762. The minimum absolute atomic E-state index is 0.762. The van der Waals surface area contributed by atoms with E-state index in [1.54, 1.807) is 11.8 Å². The van der Waals surface area contributed by atoms with Crippen molar-refractivity contribution >= 4 is 44.9 Å². The topological polar surface area (TPSA) is 17.3 Å². The first kappa shape index (κ1) is 13.0. The van der Waals surface area contributed by atoms with Gasteiger partial charge in [-0.15, -0.1) is 11.8 Å². The van der Waals surface area contributed by atoms with Gasteiger partial charge in [-0.1, -0.05) is 17.7 Å². The van der Waals surface area contributed by atoms with Crippen LogP contribution in [-0.4, -0.2) is 9.38 Å². The highest BCUT2D eigenvalue weighted by molar-refractivity contribution is 9.10. The van der Waals surface area contributed by atoms with Crippen molar-refractivity contribution in [2.24, 2.45) is 0 Å². The molecular formula is C14H10BrClN2S. The fourth-order valence-electron chi connectivity index (χ4n) is 1.79. The first-order chi connectivity index (χ1) is 9.24. The zero-order chi connectivity index (χ0) is 13.2. The Labute approximate surface area is 128 Å². The average Bonchev–Trinajstić information content (AvgIpc) is 2.76. The molecule has 0 fully saturated rings. The van der Waals surface area contributed by atoms with E-state index in [2.05, 4.69) is 20.9 Å². The predicted molar refractivity (Wildman–Crippen MR) is 83.9 cm³/mol. The number of hydrogen-bond donors (Lipinski definition) is 0. The van der Waals surface area contributed by atoms with Gasteiger partial charge in [0.2, 0.25) is 0 Å². The van der Waals surface area contributed by atoms with Crippen LogP contribution in [0.15, 0.2) is 58.2 Å². The zero-order valence-electron chi connectivity index (χ0n) is 9.88. The van der Waals surface area contributed by atoms with Crippen LogP contribution in [0.2, 0.25) is 5.02 Å². The summed E-state index contributed by atoms with van der Waals surface area (Å²) in [6.45, 7) is 0. The molecule has 5 heteroatoms. The van der Waals surface area contributed by atoms with Gasteiger partial charge in [-0.05, 0) is 52.3 Å². The molecule has 0 unspecified atom stereocenters. The molecule has 2 heterocycles. The van der Waals surface area contributed by atoms with E-state index < -0.39 is 0 Å². The van der Waals surface area contributed by atoms with Crippen LogP contribution in [0.3, 0.4) is 0 Å². The summed E-state index contributed by atoms with van der Waals surface area (Å²) < 4.78 is 3.06. The van der Waals surface area contributed by atoms with Crippen molar-refractivity contribution in [1.82, 2.24) is 9.38 Å². The van der Waals surface area contributed by atoms with Crippen LogP contribution in [0.1, 0.15) is 5.69 Å². The van der Waals surface area contributed by atoms with Crippen LogP contribution < -0.4 is 0 Å². The van der Waals surface area contributed by atoms with E-state index in [4.69, 9.17) is 11.6 Å². The van der Waals surface area contributed by atoms with Crippen LogP contribution in [0.4, 0.5) is 0 Å². The number of rotatable bonds is 3. The van der Waals surface area contributed by atoms with E-state index in [0.717, 1.165) is 26.7 Å². The van der Waals surface area contributed by atoms with Crippen LogP contribution in [0.25, 0.3) is 5.65 Å². The van der Waals surface area contributed by atoms with E-state index >= 15 is 0 Å². The van der Waals surface area contributed by atoms with Gasteiger partial charge >= 0.3 is 0 Å². The van der Waals surface area contributed by atoms with Gasteiger partial charge in [-0.25, -0.2) is 4.98 Å². The van der Waals surface area contributed by atoms with Gasteiger partial charge < -0.3 is 0 Å². The van der Waals surface area contributed by atoms with Gasteiger partial charge in [0, 0.05) is 21.9 Å². The third-order valence-electron chi connectivity index (χ3n) is 2.73. The molecule has 0 amide bonds. The van der Waals surface area contributed by atoms with E-state index in [1.807, 2.05) is 53.1 Å². The number of thioether (sulfide) groups is 1. The first-order valence-electron chi connectivity index (χ1n) is 5.74. The number of pyridine rings is 1. The average molecular weight is 354 g/mol. The molecule has 96 valence electrons. The second-order valence-corrected chi connectivity index (χ2v) is 6.26. The predicted octanol–water partition coefficient (Wildman–Crippen LogP) is 5.04.